The van der Waals surface area contributed by atoms with Gasteiger partial charge in [-0.1, -0.05) is 35.4 Å². The van der Waals surface area contributed by atoms with Gasteiger partial charge in [-0.3, -0.25) is 0 Å². The van der Waals surface area contributed by atoms with Crippen LogP contribution in [0.2, 0.25) is 10.0 Å². The van der Waals surface area contributed by atoms with Crippen molar-refractivity contribution in [3.8, 4) is 0 Å². The predicted octanol–water partition coefficient (Wildman–Crippen LogP) is 4.08. The molecule has 1 aliphatic carbocycles. The zero-order valence-electron chi connectivity index (χ0n) is 14.0. The van der Waals surface area contributed by atoms with Crippen molar-refractivity contribution in [2.75, 3.05) is 0 Å². The molecule has 0 fully saturated rings. The second kappa shape index (κ2) is 8.00. The van der Waals surface area contributed by atoms with Gasteiger partial charge >= 0.3 is 0 Å². The van der Waals surface area contributed by atoms with E-state index >= 15 is 0 Å². The van der Waals surface area contributed by atoms with Gasteiger partial charge < -0.3 is 0 Å². The van der Waals surface area contributed by atoms with Gasteiger partial charge in [0.1, 0.15) is 11.4 Å². The maximum atomic E-state index is 12.5. The number of hydrogen-bond acceptors (Lipinski definition) is 4. The Hall–Kier alpha value is -2.26. The second-order valence-electron chi connectivity index (χ2n) is 5.53. The highest BCUT2D eigenvalue weighted by Gasteiger charge is 2.20. The molecule has 28 heavy (non-hydrogen) atoms. The molecule has 0 N–H and O–H groups in total. The molecule has 0 amide bonds. The summed E-state index contributed by atoms with van der Waals surface area (Å²) < 4.78 is 57.6. The van der Waals surface area contributed by atoms with Gasteiger partial charge in [0.15, 0.2) is 0 Å². The summed E-state index contributed by atoms with van der Waals surface area (Å²) in [5, 5.41) is 0.756. The zero-order chi connectivity index (χ0) is 20.4. The van der Waals surface area contributed by atoms with Crippen molar-refractivity contribution in [1.29, 1.82) is 0 Å². The third-order valence-electron chi connectivity index (χ3n) is 3.54. The number of rotatable bonds is 4. The van der Waals surface area contributed by atoms with Crippen LogP contribution < -0.4 is 0 Å². The third-order valence-corrected chi connectivity index (χ3v) is 6.66. The van der Waals surface area contributed by atoms with Crippen LogP contribution in [0.4, 0.5) is 0 Å². The van der Waals surface area contributed by atoms with Gasteiger partial charge in [0.25, 0.3) is 20.0 Å². The molecule has 0 atom stereocenters. The highest BCUT2D eigenvalue weighted by Crippen LogP contribution is 2.19. The van der Waals surface area contributed by atoms with Crippen molar-refractivity contribution in [2.24, 2.45) is 8.80 Å². The van der Waals surface area contributed by atoms with Crippen LogP contribution in [0.5, 0.6) is 0 Å². The molecule has 0 radical (unpaired) electrons. The molecular formula is C18H12Cl2N2O4S2. The summed E-state index contributed by atoms with van der Waals surface area (Å²) in [6, 6.07) is 10.9. The van der Waals surface area contributed by atoms with Crippen molar-refractivity contribution in [2.45, 2.75) is 9.79 Å². The van der Waals surface area contributed by atoms with Gasteiger partial charge in [-0.05, 0) is 60.7 Å². The lowest BCUT2D eigenvalue weighted by atomic mass is 10.1. The summed E-state index contributed by atoms with van der Waals surface area (Å²) in [6.07, 6.45) is 5.79. The highest BCUT2D eigenvalue weighted by atomic mass is 35.5. The van der Waals surface area contributed by atoms with Gasteiger partial charge in [-0.15, -0.1) is 0 Å². The van der Waals surface area contributed by atoms with Crippen LogP contribution in [-0.4, -0.2) is 28.3 Å². The van der Waals surface area contributed by atoms with Crippen LogP contribution in [0, 0.1) is 0 Å². The Labute approximate surface area is 172 Å². The minimum absolute atomic E-state index is 0.0766. The molecule has 144 valence electrons. The zero-order valence-corrected chi connectivity index (χ0v) is 17.2. The normalized spacial score (nSPS) is 17.4. The molecule has 2 aromatic carbocycles. The first-order chi connectivity index (χ1) is 13.2. The van der Waals surface area contributed by atoms with Gasteiger partial charge in [0.2, 0.25) is 0 Å². The van der Waals surface area contributed by atoms with Gasteiger partial charge in [-0.2, -0.15) is 25.6 Å². The van der Waals surface area contributed by atoms with E-state index in [1.54, 1.807) is 0 Å². The van der Waals surface area contributed by atoms with E-state index in [0.717, 1.165) is 0 Å². The minimum atomic E-state index is -4.08. The van der Waals surface area contributed by atoms with E-state index in [1.807, 2.05) is 0 Å². The fourth-order valence-corrected chi connectivity index (χ4v) is 4.45. The maximum Gasteiger partial charge on any atom is 0.282 e. The summed E-state index contributed by atoms with van der Waals surface area (Å²) >= 11 is 11.5. The van der Waals surface area contributed by atoms with Crippen LogP contribution in [0.3, 0.4) is 0 Å². The Morgan fingerprint density at radius 3 is 1.21 bits per heavy atom. The summed E-state index contributed by atoms with van der Waals surface area (Å²) in [7, 11) is -8.17. The molecule has 0 aliphatic heterocycles. The number of nitrogens with zero attached hydrogens (tertiary/aromatic N) is 2. The van der Waals surface area contributed by atoms with Crippen molar-refractivity contribution >= 4 is 54.7 Å². The predicted molar refractivity (Wildman–Crippen MR) is 110 cm³/mol. The van der Waals surface area contributed by atoms with E-state index in [1.165, 1.54) is 72.8 Å². The summed E-state index contributed by atoms with van der Waals surface area (Å²) in [6.45, 7) is 0. The van der Waals surface area contributed by atoms with Crippen LogP contribution in [0.1, 0.15) is 0 Å². The Morgan fingerprint density at radius 1 is 0.571 bits per heavy atom. The molecule has 0 heterocycles. The molecule has 0 unspecified atom stereocenters. The van der Waals surface area contributed by atoms with E-state index in [2.05, 4.69) is 8.80 Å². The molecule has 10 heteroatoms. The molecule has 0 bridgehead atoms. The fraction of sp³-hybridized carbons (Fsp3) is 0. The van der Waals surface area contributed by atoms with E-state index in [9.17, 15) is 16.8 Å². The maximum absolute atomic E-state index is 12.5. The van der Waals surface area contributed by atoms with E-state index in [0.29, 0.717) is 10.0 Å². The molecule has 0 saturated heterocycles. The van der Waals surface area contributed by atoms with Gasteiger partial charge in [0.05, 0.1) is 9.79 Å². The molecule has 0 spiro atoms. The molecule has 3 rings (SSSR count). The molecule has 0 saturated carbocycles. The smallest absolute Gasteiger partial charge is 0.199 e. The molecule has 6 nitrogen and oxygen atoms in total. The number of allylic oxidation sites excluding steroid dienone is 4. The molecule has 1 aliphatic rings. The SMILES string of the molecule is O=S(=O)(/N=C1\C=CC=C\C1=N/S(=O)(=O)c1ccc(Cl)cc1)c1ccc(Cl)cc1. The van der Waals surface area contributed by atoms with E-state index < -0.39 is 20.0 Å². The first-order valence-electron chi connectivity index (χ1n) is 7.74. The van der Waals surface area contributed by atoms with Crippen LogP contribution in [0.15, 0.2) is 91.4 Å². The summed E-state index contributed by atoms with van der Waals surface area (Å²) in [5.41, 5.74) is -0.204. The first kappa shape index (κ1) is 20.5. The van der Waals surface area contributed by atoms with Crippen molar-refractivity contribution in [3.63, 3.8) is 0 Å². The van der Waals surface area contributed by atoms with Crippen LogP contribution >= 0.6 is 23.2 Å². The average molecular weight is 455 g/mol. The fourth-order valence-electron chi connectivity index (χ4n) is 2.20. The first-order valence-corrected chi connectivity index (χ1v) is 11.4. The Kier molecular flexibility index (Phi) is 5.85. The number of hydrogen-bond donors (Lipinski definition) is 0. The molecule has 2 aromatic rings. The quantitative estimate of drug-likeness (QED) is 0.650. The molecule has 0 aromatic heterocycles. The minimum Gasteiger partial charge on any atom is -0.199 e. The van der Waals surface area contributed by atoms with Crippen LogP contribution in [0.25, 0.3) is 0 Å². The summed E-state index contributed by atoms with van der Waals surface area (Å²) in [5.74, 6) is 0. The van der Waals surface area contributed by atoms with Crippen molar-refractivity contribution < 1.29 is 16.8 Å². The second-order valence-corrected chi connectivity index (χ2v) is 9.61. The van der Waals surface area contributed by atoms with E-state index in [-0.39, 0.29) is 21.2 Å². The Bertz CT molecular complexity index is 1130. The average Bonchev–Trinajstić information content (AvgIpc) is 2.64. The number of halogens is 2. The van der Waals surface area contributed by atoms with Crippen LogP contribution in [-0.2, 0) is 20.0 Å². The van der Waals surface area contributed by atoms with Gasteiger partial charge in [-0.25, -0.2) is 0 Å². The topological polar surface area (TPSA) is 93.0 Å². The lowest BCUT2D eigenvalue weighted by molar-refractivity contribution is 0.596. The lowest BCUT2D eigenvalue weighted by Gasteiger charge is -2.07. The van der Waals surface area contributed by atoms with Gasteiger partial charge in [0, 0.05) is 10.0 Å². The number of sulfonamides is 2. The largest absolute Gasteiger partial charge is 0.282 e. The number of benzene rings is 2. The standard InChI is InChI=1S/C18H12Cl2N2O4S2/c19-13-5-9-15(10-6-13)27(23,24)21-17-3-1-2-4-18(17)22-28(25,26)16-11-7-14(20)8-12-16/h1-12H/b21-17+,22-18+. The lowest BCUT2D eigenvalue weighted by Crippen LogP contribution is -2.16. The molecular weight excluding hydrogens is 443 g/mol. The summed E-state index contributed by atoms with van der Waals surface area (Å²) in [4.78, 5) is -0.153. The van der Waals surface area contributed by atoms with E-state index in [4.69, 9.17) is 23.2 Å². The third kappa shape index (κ3) is 4.77. The monoisotopic (exact) mass is 454 g/mol. The van der Waals surface area contributed by atoms with Crippen molar-refractivity contribution in [1.82, 2.24) is 0 Å². The van der Waals surface area contributed by atoms with Crippen molar-refractivity contribution in [3.05, 3.63) is 82.9 Å². The Balaban J connectivity index is 2.03. The highest BCUT2D eigenvalue weighted by molar-refractivity contribution is 7.91. The Morgan fingerprint density at radius 2 is 0.893 bits per heavy atom.